The summed E-state index contributed by atoms with van der Waals surface area (Å²) in [5.41, 5.74) is 15.9. The minimum Gasteiger partial charge on any atom is -0.306 e. The molecule has 0 N–H and O–H groups in total. The molecule has 1 aliphatic rings. The lowest BCUT2D eigenvalue weighted by Crippen LogP contribution is -2.07. The first-order chi connectivity index (χ1) is 33.7. The lowest BCUT2D eigenvalue weighted by atomic mass is 9.93. The minimum atomic E-state index is 0.529. The molecule has 5 heteroatoms. The molecule has 0 radical (unpaired) electrons. The van der Waals surface area contributed by atoms with Crippen LogP contribution in [0.2, 0.25) is 0 Å². The molecule has 0 spiro atoms. The van der Waals surface area contributed by atoms with Gasteiger partial charge in [0, 0.05) is 44.4 Å². The molecule has 5 nitrogen and oxygen atoms in total. The molecule has 9 aromatic carbocycles. The highest BCUT2D eigenvalue weighted by Crippen LogP contribution is 2.42. The summed E-state index contributed by atoms with van der Waals surface area (Å²) in [5.74, 6) is 1.69. The Morgan fingerprint density at radius 2 is 0.868 bits per heavy atom. The van der Waals surface area contributed by atoms with Crippen LogP contribution in [-0.4, -0.2) is 24.1 Å². The third-order valence-electron chi connectivity index (χ3n) is 13.2. The molecule has 68 heavy (non-hydrogen) atoms. The van der Waals surface area contributed by atoms with Crippen molar-refractivity contribution in [3.05, 3.63) is 242 Å². The second-order valence-electron chi connectivity index (χ2n) is 17.4. The minimum absolute atomic E-state index is 0.529. The van der Waals surface area contributed by atoms with Gasteiger partial charge in [0.15, 0.2) is 11.6 Å². The third-order valence-corrected chi connectivity index (χ3v) is 13.2. The van der Waals surface area contributed by atoms with Crippen LogP contribution in [0.25, 0.3) is 117 Å². The predicted octanol–water partition coefficient (Wildman–Crippen LogP) is 15.7. The molecule has 0 saturated heterocycles. The van der Waals surface area contributed by atoms with Gasteiger partial charge in [-0.25, -0.2) is 4.98 Å². The van der Waals surface area contributed by atoms with Gasteiger partial charge in [-0.3, -0.25) is 4.57 Å². The van der Waals surface area contributed by atoms with Gasteiger partial charge in [-0.2, -0.15) is 9.97 Å². The van der Waals surface area contributed by atoms with Gasteiger partial charge in [0.25, 0.3) is 0 Å². The molecule has 3 heterocycles. The van der Waals surface area contributed by atoms with Crippen molar-refractivity contribution in [2.75, 3.05) is 0 Å². The van der Waals surface area contributed by atoms with Crippen LogP contribution in [0, 0.1) is 12.1 Å². The molecule has 1 aliphatic carbocycles. The normalized spacial score (nSPS) is 12.5. The van der Waals surface area contributed by atoms with E-state index in [0.717, 1.165) is 112 Å². The van der Waals surface area contributed by atoms with Crippen molar-refractivity contribution < 1.29 is 0 Å². The summed E-state index contributed by atoms with van der Waals surface area (Å²) < 4.78 is 4.62. The van der Waals surface area contributed by atoms with Crippen molar-refractivity contribution in [2.24, 2.45) is 0 Å². The Kier molecular flexibility index (Phi) is 9.47. The van der Waals surface area contributed by atoms with E-state index in [-0.39, 0.29) is 0 Å². The zero-order valence-corrected chi connectivity index (χ0v) is 37.0. The first-order valence-corrected chi connectivity index (χ1v) is 23.2. The van der Waals surface area contributed by atoms with Gasteiger partial charge in [0.05, 0.1) is 22.1 Å². The summed E-state index contributed by atoms with van der Waals surface area (Å²) in [7, 11) is 0. The summed E-state index contributed by atoms with van der Waals surface area (Å²) >= 11 is 0. The van der Waals surface area contributed by atoms with Crippen molar-refractivity contribution >= 4 is 49.2 Å². The van der Waals surface area contributed by atoms with E-state index >= 15 is 0 Å². The number of benzene rings is 8. The number of hydrogen-bond donors (Lipinski definition) is 0. The van der Waals surface area contributed by atoms with E-state index in [9.17, 15) is 0 Å². The maximum Gasteiger partial charge on any atom is 0.238 e. The smallest absolute Gasteiger partial charge is 0.238 e. The molecule has 3 aromatic heterocycles. The zero-order valence-electron chi connectivity index (χ0n) is 37.0. The summed E-state index contributed by atoms with van der Waals surface area (Å²) in [5, 5.41) is 4.42. The van der Waals surface area contributed by atoms with Gasteiger partial charge in [-0.15, -0.1) is 0 Å². The molecule has 12 aromatic rings. The number of para-hydroxylation sites is 2. The molecule has 0 bridgehead atoms. The van der Waals surface area contributed by atoms with E-state index in [2.05, 4.69) is 234 Å². The second kappa shape index (κ2) is 16.4. The van der Waals surface area contributed by atoms with Crippen molar-refractivity contribution in [1.29, 1.82) is 0 Å². The number of nitrogens with zero attached hydrogens (tertiary/aromatic N) is 5. The second-order valence-corrected chi connectivity index (χ2v) is 17.4. The first kappa shape index (κ1) is 39.3. The van der Waals surface area contributed by atoms with E-state index in [4.69, 9.17) is 15.0 Å². The van der Waals surface area contributed by atoms with E-state index in [0.29, 0.717) is 17.6 Å². The molecule has 13 rings (SSSR count). The van der Waals surface area contributed by atoms with Crippen LogP contribution < -0.4 is 0 Å². The van der Waals surface area contributed by atoms with Crippen molar-refractivity contribution in [3.8, 4) is 67.8 Å². The summed E-state index contributed by atoms with van der Waals surface area (Å²) in [6, 6.07) is 79.5. The molecule has 0 atom stereocenters. The Morgan fingerprint density at radius 3 is 1.47 bits per heavy atom. The fourth-order valence-corrected chi connectivity index (χ4v) is 10.1. The average Bonchev–Trinajstić information content (AvgIpc) is 3.95. The van der Waals surface area contributed by atoms with Crippen molar-refractivity contribution in [2.45, 2.75) is 12.8 Å². The highest BCUT2D eigenvalue weighted by Gasteiger charge is 2.24. The van der Waals surface area contributed by atoms with Gasteiger partial charge in [0.1, 0.15) is 0 Å². The van der Waals surface area contributed by atoms with Gasteiger partial charge in [0.2, 0.25) is 5.95 Å². The highest BCUT2D eigenvalue weighted by atomic mass is 15.2. The Morgan fingerprint density at radius 1 is 0.368 bits per heavy atom. The van der Waals surface area contributed by atoms with Crippen LogP contribution in [0.4, 0.5) is 0 Å². The van der Waals surface area contributed by atoms with E-state index < -0.39 is 0 Å². The number of fused-ring (bicyclic) bond motifs is 7. The van der Waals surface area contributed by atoms with Crippen LogP contribution in [0.1, 0.15) is 18.4 Å². The van der Waals surface area contributed by atoms with Crippen LogP contribution >= 0.6 is 0 Å². The van der Waals surface area contributed by atoms with Crippen molar-refractivity contribution in [3.63, 3.8) is 0 Å². The molecule has 0 aliphatic heterocycles. The van der Waals surface area contributed by atoms with E-state index in [1.165, 1.54) is 5.57 Å². The van der Waals surface area contributed by atoms with Crippen LogP contribution in [0.5, 0.6) is 0 Å². The maximum absolute atomic E-state index is 5.60. The molecule has 0 fully saturated rings. The van der Waals surface area contributed by atoms with Gasteiger partial charge >= 0.3 is 0 Å². The Bertz CT molecular complexity index is 3880. The summed E-state index contributed by atoms with van der Waals surface area (Å²) in [4.78, 5) is 16.7. The predicted molar refractivity (Wildman–Crippen MR) is 280 cm³/mol. The lowest BCUT2D eigenvalue weighted by Gasteiger charge is -2.16. The average molecular weight is 868 g/mol. The van der Waals surface area contributed by atoms with Crippen LogP contribution in [-0.2, 0) is 0 Å². The Hall–Kier alpha value is -9.11. The van der Waals surface area contributed by atoms with Gasteiger partial charge in [-0.05, 0) is 118 Å². The molecule has 318 valence electrons. The van der Waals surface area contributed by atoms with Crippen LogP contribution in [0.3, 0.4) is 0 Å². The molecule has 0 saturated carbocycles. The molecule has 0 unspecified atom stereocenters. The van der Waals surface area contributed by atoms with Gasteiger partial charge < -0.3 is 4.57 Å². The number of rotatable bonds is 8. The number of hydrogen-bond acceptors (Lipinski definition) is 3. The van der Waals surface area contributed by atoms with Gasteiger partial charge in [-0.1, -0.05) is 170 Å². The zero-order chi connectivity index (χ0) is 45.0. The SMILES string of the molecule is c1cc2c3ccc4c5ccccc5n(-c5nc(-c6cc(C7=CCCC=C7)cc(-c7ccccc7)c6)nc(-c6cc(-c7ccccc7)cc(-c7ccccc7)c6)n5)c4c3n(-c3ccccc3)c2cc#1. The largest absolute Gasteiger partial charge is 0.306 e. The summed E-state index contributed by atoms with van der Waals surface area (Å²) in [6.07, 6.45) is 8.88. The molecular weight excluding hydrogens is 827 g/mol. The highest BCUT2D eigenvalue weighted by molar-refractivity contribution is 6.23. The molecule has 0 amide bonds. The van der Waals surface area contributed by atoms with E-state index in [1.807, 2.05) is 12.1 Å². The fraction of sp³-hybridized carbons (Fsp3) is 0.0317. The number of aromatic nitrogens is 5. The monoisotopic (exact) mass is 867 g/mol. The molecular formula is C63H41N5. The van der Waals surface area contributed by atoms with Crippen LogP contribution in [0.15, 0.2) is 224 Å². The van der Waals surface area contributed by atoms with Crippen molar-refractivity contribution in [1.82, 2.24) is 24.1 Å². The number of allylic oxidation sites excluding steroid dienone is 4. The topological polar surface area (TPSA) is 48.5 Å². The standard InChI is InChI=1S/C63H41N5/c1-6-20-42(21-7-1)46-36-47(43-22-8-2-9-23-43)39-50(38-46)61-64-62(51-40-48(44-24-10-3-11-25-44)37-49(41-51)45-26-12-4-13-27-45)66-63(65-61)68-58-33-19-17-31-54(58)56-35-34-55-53-30-16-18-32-57(53)67(59(55)60(56)68)52-28-14-5-15-29-52/h1-3,5-12,14-15,17,19-41H,4,13H2. The summed E-state index contributed by atoms with van der Waals surface area (Å²) in [6.45, 7) is 0. The fourth-order valence-electron chi connectivity index (χ4n) is 10.1. The Labute approximate surface area is 394 Å². The third kappa shape index (κ3) is 6.78. The quantitative estimate of drug-likeness (QED) is 0.153. The first-order valence-electron chi connectivity index (χ1n) is 23.2. The maximum atomic E-state index is 5.60. The van der Waals surface area contributed by atoms with E-state index in [1.54, 1.807) is 0 Å². The Balaban J connectivity index is 1.15. The lowest BCUT2D eigenvalue weighted by molar-refractivity contribution is 0.953.